The van der Waals surface area contributed by atoms with Crippen LogP contribution in [0.1, 0.15) is 33.0 Å². The van der Waals surface area contributed by atoms with Crippen LogP contribution in [0.15, 0.2) is 65.2 Å². The summed E-state index contributed by atoms with van der Waals surface area (Å²) in [6, 6.07) is 19.2. The van der Waals surface area contributed by atoms with E-state index in [-0.39, 0.29) is 18.8 Å². The summed E-state index contributed by atoms with van der Waals surface area (Å²) in [6.45, 7) is 4.26. The van der Waals surface area contributed by atoms with Gasteiger partial charge in [-0.3, -0.25) is 9.59 Å². The predicted molar refractivity (Wildman–Crippen MR) is 112 cm³/mol. The van der Waals surface area contributed by atoms with Crippen LogP contribution in [0.25, 0.3) is 11.0 Å². The van der Waals surface area contributed by atoms with E-state index in [9.17, 15) is 9.59 Å². The molecule has 4 aromatic rings. The van der Waals surface area contributed by atoms with Crippen LogP contribution >= 0.6 is 0 Å². The van der Waals surface area contributed by atoms with Crippen LogP contribution in [0, 0.1) is 13.8 Å². The van der Waals surface area contributed by atoms with Gasteiger partial charge in [0.1, 0.15) is 5.69 Å². The maximum absolute atomic E-state index is 12.7. The molecule has 0 saturated heterocycles. The minimum atomic E-state index is -0.513. The van der Waals surface area contributed by atoms with Gasteiger partial charge in [-0.25, -0.2) is 0 Å². The first-order chi connectivity index (χ1) is 14.5. The predicted octanol–water partition coefficient (Wildman–Crippen LogP) is 4.26. The number of rotatable bonds is 7. The third kappa shape index (κ3) is 4.03. The lowest BCUT2D eigenvalue weighted by atomic mass is 10.1. The Morgan fingerprint density at radius 2 is 1.77 bits per heavy atom. The lowest BCUT2D eigenvalue weighted by Gasteiger charge is -2.10. The van der Waals surface area contributed by atoms with Crippen molar-refractivity contribution in [3.8, 4) is 0 Å². The quantitative estimate of drug-likeness (QED) is 0.341. The van der Waals surface area contributed by atoms with E-state index in [0.29, 0.717) is 23.4 Å². The monoisotopic (exact) mass is 402 g/mol. The van der Waals surface area contributed by atoms with E-state index < -0.39 is 5.97 Å². The molecule has 0 saturated carbocycles. The summed E-state index contributed by atoms with van der Waals surface area (Å²) in [5, 5.41) is 4.69. The van der Waals surface area contributed by atoms with Crippen molar-refractivity contribution in [3.05, 3.63) is 88.9 Å². The van der Waals surface area contributed by atoms with Crippen LogP contribution in [0.5, 0.6) is 0 Å². The number of fused-ring (bicyclic) bond motifs is 1. The molecule has 0 aliphatic heterocycles. The lowest BCUT2D eigenvalue weighted by molar-refractivity contribution is -0.141. The molecule has 152 valence electrons. The van der Waals surface area contributed by atoms with Gasteiger partial charge in [-0.15, -0.1) is 0 Å². The Kier molecular flexibility index (Phi) is 5.48. The second kappa shape index (κ2) is 8.37. The Bertz CT molecular complexity index is 1200. The van der Waals surface area contributed by atoms with Gasteiger partial charge in [-0.2, -0.15) is 0 Å². The summed E-state index contributed by atoms with van der Waals surface area (Å²) in [4.78, 5) is 24.9. The molecule has 2 heterocycles. The largest absolute Gasteiger partial charge is 0.457 e. The Balaban J connectivity index is 1.40. The molecule has 0 amide bonds. The molecule has 0 aliphatic carbocycles. The van der Waals surface area contributed by atoms with Gasteiger partial charge in [0.25, 0.3) is 0 Å². The SMILES string of the molecule is Cc1cc(C(=O)COC(=O)Cc2noc3ccccc23)c(C)n1Cc1ccccc1. The van der Waals surface area contributed by atoms with E-state index in [1.165, 1.54) is 0 Å². The second-order valence-corrected chi connectivity index (χ2v) is 7.24. The summed E-state index contributed by atoms with van der Waals surface area (Å²) in [6.07, 6.45) is -0.0443. The van der Waals surface area contributed by atoms with Crippen LogP contribution in [0.3, 0.4) is 0 Å². The topological polar surface area (TPSA) is 74.3 Å². The third-order valence-corrected chi connectivity index (χ3v) is 5.19. The summed E-state index contributed by atoms with van der Waals surface area (Å²) in [5.41, 5.74) is 4.69. The average molecular weight is 402 g/mol. The molecule has 0 aliphatic rings. The summed E-state index contributed by atoms with van der Waals surface area (Å²) < 4.78 is 12.5. The van der Waals surface area contributed by atoms with Gasteiger partial charge in [0.05, 0.1) is 6.42 Å². The maximum atomic E-state index is 12.7. The van der Waals surface area contributed by atoms with E-state index in [1.54, 1.807) is 6.07 Å². The fourth-order valence-corrected chi connectivity index (χ4v) is 3.57. The molecule has 0 N–H and O–H groups in total. The zero-order chi connectivity index (χ0) is 21.1. The van der Waals surface area contributed by atoms with Crippen molar-refractivity contribution in [2.75, 3.05) is 6.61 Å². The fourth-order valence-electron chi connectivity index (χ4n) is 3.57. The summed E-state index contributed by atoms with van der Waals surface area (Å²) in [5.74, 6) is -0.735. The molecule has 6 nitrogen and oxygen atoms in total. The van der Waals surface area contributed by atoms with Gasteiger partial charge in [-0.05, 0) is 37.6 Å². The van der Waals surface area contributed by atoms with Crippen LogP contribution in [0.4, 0.5) is 0 Å². The van der Waals surface area contributed by atoms with Crippen molar-refractivity contribution in [2.45, 2.75) is 26.8 Å². The minimum Gasteiger partial charge on any atom is -0.457 e. The highest BCUT2D eigenvalue weighted by Crippen LogP contribution is 2.20. The minimum absolute atomic E-state index is 0.0443. The van der Waals surface area contributed by atoms with E-state index in [2.05, 4.69) is 21.9 Å². The smallest absolute Gasteiger partial charge is 0.312 e. The Morgan fingerprint density at radius 1 is 1.03 bits per heavy atom. The van der Waals surface area contributed by atoms with Crippen LogP contribution in [-0.4, -0.2) is 28.1 Å². The van der Waals surface area contributed by atoms with E-state index in [4.69, 9.17) is 9.26 Å². The number of carbonyl (C=O) groups excluding carboxylic acids is 2. The number of nitrogens with zero attached hydrogens (tertiary/aromatic N) is 2. The van der Waals surface area contributed by atoms with Crippen molar-refractivity contribution >= 4 is 22.7 Å². The number of esters is 1. The highest BCUT2D eigenvalue weighted by Gasteiger charge is 2.19. The van der Waals surface area contributed by atoms with Gasteiger partial charge in [-0.1, -0.05) is 47.6 Å². The summed E-state index contributed by atoms with van der Waals surface area (Å²) >= 11 is 0. The van der Waals surface area contributed by atoms with Crippen molar-refractivity contribution < 1.29 is 18.8 Å². The number of ether oxygens (including phenoxy) is 1. The van der Waals surface area contributed by atoms with Gasteiger partial charge < -0.3 is 13.8 Å². The first-order valence-corrected chi connectivity index (χ1v) is 9.75. The normalized spacial score (nSPS) is 11.0. The second-order valence-electron chi connectivity index (χ2n) is 7.24. The van der Waals surface area contributed by atoms with Crippen molar-refractivity contribution in [3.63, 3.8) is 0 Å². The number of aryl methyl sites for hydroxylation is 1. The molecule has 0 bridgehead atoms. The number of Topliss-reactive ketones (excluding diaryl/α,β-unsaturated/α-hetero) is 1. The first-order valence-electron chi connectivity index (χ1n) is 9.75. The molecule has 0 fully saturated rings. The van der Waals surface area contributed by atoms with Crippen molar-refractivity contribution in [1.29, 1.82) is 0 Å². The average Bonchev–Trinajstić information content (AvgIpc) is 3.29. The highest BCUT2D eigenvalue weighted by atomic mass is 16.5. The molecule has 2 aromatic heterocycles. The Hall–Kier alpha value is -3.67. The van der Waals surface area contributed by atoms with Gasteiger partial charge in [0, 0.05) is 28.9 Å². The molecular formula is C24H22N2O4. The zero-order valence-corrected chi connectivity index (χ0v) is 16.9. The zero-order valence-electron chi connectivity index (χ0n) is 16.9. The standard InChI is InChI=1S/C24H22N2O4/c1-16-12-20(17(2)26(16)14-18-8-4-3-5-9-18)22(27)15-29-24(28)13-21-19-10-6-7-11-23(19)30-25-21/h3-12H,13-15H2,1-2H3. The van der Waals surface area contributed by atoms with Crippen LogP contribution < -0.4 is 0 Å². The van der Waals surface area contributed by atoms with Crippen molar-refractivity contribution in [1.82, 2.24) is 9.72 Å². The lowest BCUT2D eigenvalue weighted by Crippen LogP contribution is -2.16. The van der Waals surface area contributed by atoms with Crippen molar-refractivity contribution in [2.24, 2.45) is 0 Å². The molecule has 0 atom stereocenters. The van der Waals surface area contributed by atoms with E-state index >= 15 is 0 Å². The number of benzene rings is 2. The van der Waals surface area contributed by atoms with Gasteiger partial charge in [0.15, 0.2) is 12.2 Å². The highest BCUT2D eigenvalue weighted by molar-refractivity contribution is 5.99. The number of para-hydroxylation sites is 1. The molecule has 0 spiro atoms. The number of hydrogen-bond donors (Lipinski definition) is 0. The fraction of sp³-hybridized carbons (Fsp3) is 0.208. The number of aromatic nitrogens is 2. The molecule has 30 heavy (non-hydrogen) atoms. The molecule has 6 heteroatoms. The van der Waals surface area contributed by atoms with Gasteiger partial charge in [0.2, 0.25) is 5.78 Å². The number of hydrogen-bond acceptors (Lipinski definition) is 5. The number of carbonyl (C=O) groups is 2. The van der Waals surface area contributed by atoms with Crippen LogP contribution in [0.2, 0.25) is 0 Å². The summed E-state index contributed by atoms with van der Waals surface area (Å²) in [7, 11) is 0. The number of ketones is 1. The molecular weight excluding hydrogens is 380 g/mol. The van der Waals surface area contributed by atoms with E-state index in [0.717, 1.165) is 22.3 Å². The molecule has 0 unspecified atom stereocenters. The molecule has 4 rings (SSSR count). The molecule has 2 aromatic carbocycles. The van der Waals surface area contributed by atoms with E-state index in [1.807, 2.05) is 56.3 Å². The molecule has 0 radical (unpaired) electrons. The first kappa shape index (κ1) is 19.6. The third-order valence-electron chi connectivity index (χ3n) is 5.19. The van der Waals surface area contributed by atoms with Crippen LogP contribution in [-0.2, 0) is 22.5 Å². The maximum Gasteiger partial charge on any atom is 0.312 e. The Labute approximate surface area is 174 Å². The Morgan fingerprint density at radius 3 is 2.57 bits per heavy atom. The van der Waals surface area contributed by atoms with Gasteiger partial charge >= 0.3 is 5.97 Å².